The summed E-state index contributed by atoms with van der Waals surface area (Å²) in [6.07, 6.45) is 65.0. The van der Waals surface area contributed by atoms with Gasteiger partial charge in [0.05, 0.1) is 26.4 Å². The fraction of sp³-hybridized carbons (Fsp3) is 0.952. The Morgan fingerprint density at radius 2 is 0.500 bits per heavy atom. The van der Waals surface area contributed by atoms with Gasteiger partial charge in [-0.15, -0.1) is 0 Å². The number of aliphatic hydroxyl groups excluding tert-OH is 1. The molecule has 0 aliphatic heterocycles. The highest BCUT2D eigenvalue weighted by molar-refractivity contribution is 7.47. The summed E-state index contributed by atoms with van der Waals surface area (Å²) in [5.74, 6) is -0.450. The quantitative estimate of drug-likeness (QED) is 0.0222. The standard InChI is InChI=1S/C83H162O17P2/c1-7-10-12-14-16-18-20-22-30-37-43-49-55-61-67-82(87)99-78(71-93-80(85)65-59-53-47-41-35-21-19-17-15-13-11-8-2)73-97-101(89,90)95-69-77(84)70-96-102(91,92)98-74-79(100-83(88)68-62-56-50-44-38-32-25-23-24-28-33-39-45-51-57-63-75(4)5)72-94-81(86)66-60-54-48-42-36-31-27-26-29-34-40-46-52-58-64-76(6)9-3/h75-79,84H,7-74H2,1-6H3,(H,89,90)(H,91,92)/t76?,77-,78+,79+/m0/s1. The van der Waals surface area contributed by atoms with Gasteiger partial charge in [0, 0.05) is 25.7 Å². The first kappa shape index (κ1) is 100. The van der Waals surface area contributed by atoms with E-state index < -0.39 is 97.5 Å². The summed E-state index contributed by atoms with van der Waals surface area (Å²) in [5.41, 5.74) is 0. The van der Waals surface area contributed by atoms with Crippen molar-refractivity contribution in [2.24, 2.45) is 11.8 Å². The molecule has 0 saturated heterocycles. The van der Waals surface area contributed by atoms with E-state index in [0.717, 1.165) is 102 Å². The van der Waals surface area contributed by atoms with Gasteiger partial charge in [0.1, 0.15) is 19.3 Å². The van der Waals surface area contributed by atoms with Crippen LogP contribution in [0.15, 0.2) is 0 Å². The van der Waals surface area contributed by atoms with Gasteiger partial charge < -0.3 is 33.8 Å². The van der Waals surface area contributed by atoms with E-state index in [4.69, 9.17) is 37.0 Å². The molecule has 0 spiro atoms. The third-order valence-electron chi connectivity index (χ3n) is 19.8. The summed E-state index contributed by atoms with van der Waals surface area (Å²) >= 11 is 0. The highest BCUT2D eigenvalue weighted by Gasteiger charge is 2.30. The molecule has 19 heteroatoms. The maximum absolute atomic E-state index is 13.1. The third-order valence-corrected chi connectivity index (χ3v) is 21.7. The minimum Gasteiger partial charge on any atom is -0.462 e. The molecular formula is C83H162O17P2. The van der Waals surface area contributed by atoms with Crippen LogP contribution in [0.3, 0.4) is 0 Å². The molecule has 0 aromatic rings. The number of aliphatic hydroxyl groups is 1. The summed E-state index contributed by atoms with van der Waals surface area (Å²) in [6, 6.07) is 0. The van der Waals surface area contributed by atoms with Gasteiger partial charge in [-0.1, -0.05) is 388 Å². The fourth-order valence-electron chi connectivity index (χ4n) is 12.9. The van der Waals surface area contributed by atoms with E-state index in [1.807, 2.05) is 0 Å². The van der Waals surface area contributed by atoms with Crippen LogP contribution in [0.4, 0.5) is 0 Å². The van der Waals surface area contributed by atoms with Gasteiger partial charge in [-0.25, -0.2) is 9.13 Å². The van der Waals surface area contributed by atoms with Crippen molar-refractivity contribution in [1.82, 2.24) is 0 Å². The Hall–Kier alpha value is -1.94. The predicted octanol–water partition coefficient (Wildman–Crippen LogP) is 25.1. The highest BCUT2D eigenvalue weighted by atomic mass is 31.2. The lowest BCUT2D eigenvalue weighted by Crippen LogP contribution is -2.30. The molecule has 17 nitrogen and oxygen atoms in total. The largest absolute Gasteiger partial charge is 0.472 e. The predicted molar refractivity (Wildman–Crippen MR) is 418 cm³/mol. The highest BCUT2D eigenvalue weighted by Crippen LogP contribution is 2.45. The molecule has 0 aromatic carbocycles. The number of unbranched alkanes of at least 4 members (excludes halogenated alkanes) is 51. The van der Waals surface area contributed by atoms with E-state index in [1.54, 1.807) is 0 Å². The van der Waals surface area contributed by atoms with Gasteiger partial charge in [-0.2, -0.15) is 0 Å². The summed E-state index contributed by atoms with van der Waals surface area (Å²) in [5, 5.41) is 10.7. The first-order chi connectivity index (χ1) is 49.4. The average molecular weight is 1490 g/mol. The number of esters is 4. The molecule has 3 N–H and O–H groups in total. The molecule has 6 atom stereocenters. The van der Waals surface area contributed by atoms with Crippen molar-refractivity contribution in [1.29, 1.82) is 0 Å². The lowest BCUT2D eigenvalue weighted by Gasteiger charge is -2.21. The molecule has 0 rings (SSSR count). The molecule has 0 aromatic heterocycles. The SMILES string of the molecule is CCCCCCCCCCCCCCCCC(=O)O[C@H](COC(=O)CCCCCCCCCCCCCC)COP(=O)(O)OC[C@H](O)COP(=O)(O)OC[C@@H](COC(=O)CCCCCCCCCCCCCCCCC(C)CC)OC(=O)CCCCCCCCCCCCCCCCCC(C)C. The molecule has 0 fully saturated rings. The molecule has 0 heterocycles. The van der Waals surface area contributed by atoms with Crippen LogP contribution in [0.2, 0.25) is 0 Å². The number of carbonyl (C=O) groups excluding carboxylic acids is 4. The maximum atomic E-state index is 13.1. The Bertz CT molecular complexity index is 1960. The van der Waals surface area contributed by atoms with Gasteiger partial charge in [0.25, 0.3) is 0 Å². The van der Waals surface area contributed by atoms with Crippen molar-refractivity contribution in [3.05, 3.63) is 0 Å². The van der Waals surface area contributed by atoms with Crippen LogP contribution in [-0.2, 0) is 65.4 Å². The topological polar surface area (TPSA) is 237 Å². The lowest BCUT2D eigenvalue weighted by atomic mass is 9.99. The third kappa shape index (κ3) is 74.9. The second kappa shape index (κ2) is 74.5. The van der Waals surface area contributed by atoms with Crippen molar-refractivity contribution in [2.75, 3.05) is 39.6 Å². The number of rotatable bonds is 82. The van der Waals surface area contributed by atoms with Crippen molar-refractivity contribution < 1.29 is 80.2 Å². The fourth-order valence-corrected chi connectivity index (χ4v) is 14.4. The minimum atomic E-state index is -4.96. The van der Waals surface area contributed by atoms with E-state index in [0.29, 0.717) is 25.7 Å². The molecule has 102 heavy (non-hydrogen) atoms. The molecule has 0 radical (unpaired) electrons. The number of hydrogen-bond acceptors (Lipinski definition) is 15. The first-order valence-corrected chi connectivity index (χ1v) is 46.0. The molecule has 606 valence electrons. The Balaban J connectivity index is 5.26. The van der Waals surface area contributed by atoms with Crippen LogP contribution in [-0.4, -0.2) is 96.7 Å². The first-order valence-electron chi connectivity index (χ1n) is 43.0. The number of phosphoric acid groups is 2. The maximum Gasteiger partial charge on any atom is 0.472 e. The molecule has 0 aliphatic carbocycles. The Morgan fingerprint density at radius 3 is 0.745 bits per heavy atom. The van der Waals surface area contributed by atoms with Gasteiger partial charge in [-0.05, 0) is 37.5 Å². The van der Waals surface area contributed by atoms with Gasteiger partial charge in [-0.3, -0.25) is 37.3 Å². The van der Waals surface area contributed by atoms with Crippen molar-refractivity contribution >= 4 is 39.5 Å². The van der Waals surface area contributed by atoms with Crippen LogP contribution >= 0.6 is 15.6 Å². The Labute approximate surface area is 626 Å². The van der Waals surface area contributed by atoms with Crippen LogP contribution in [0.5, 0.6) is 0 Å². The normalized spacial score (nSPS) is 14.1. The Kier molecular flexibility index (Phi) is 73.1. The van der Waals surface area contributed by atoms with Crippen molar-refractivity contribution in [3.8, 4) is 0 Å². The van der Waals surface area contributed by atoms with E-state index in [9.17, 15) is 43.2 Å². The minimum absolute atomic E-state index is 0.108. The van der Waals surface area contributed by atoms with Crippen LogP contribution in [0.1, 0.15) is 440 Å². The second-order valence-electron chi connectivity index (χ2n) is 30.6. The summed E-state index contributed by atoms with van der Waals surface area (Å²) in [4.78, 5) is 73.1. The van der Waals surface area contributed by atoms with E-state index >= 15 is 0 Å². The van der Waals surface area contributed by atoms with Crippen LogP contribution in [0.25, 0.3) is 0 Å². The van der Waals surface area contributed by atoms with Crippen LogP contribution < -0.4 is 0 Å². The van der Waals surface area contributed by atoms with E-state index in [2.05, 4.69) is 41.5 Å². The zero-order valence-corrected chi connectivity index (χ0v) is 68.7. The second-order valence-corrected chi connectivity index (χ2v) is 33.5. The van der Waals surface area contributed by atoms with Crippen molar-refractivity contribution in [3.63, 3.8) is 0 Å². The molecule has 3 unspecified atom stereocenters. The zero-order valence-electron chi connectivity index (χ0n) is 66.9. The zero-order chi connectivity index (χ0) is 74.9. The van der Waals surface area contributed by atoms with Crippen molar-refractivity contribution in [2.45, 2.75) is 458 Å². The molecule has 0 saturated carbocycles. The summed E-state index contributed by atoms with van der Waals surface area (Å²) < 4.78 is 68.8. The smallest absolute Gasteiger partial charge is 0.462 e. The van der Waals surface area contributed by atoms with Gasteiger partial charge in [0.15, 0.2) is 12.2 Å². The van der Waals surface area contributed by atoms with Gasteiger partial charge >= 0.3 is 39.5 Å². The molecule has 0 bridgehead atoms. The number of carbonyl (C=O) groups is 4. The summed E-state index contributed by atoms with van der Waals surface area (Å²) in [6.45, 7) is 9.74. The van der Waals surface area contributed by atoms with Crippen LogP contribution in [0, 0.1) is 11.8 Å². The molecular weight excluding hydrogens is 1330 g/mol. The summed E-state index contributed by atoms with van der Waals surface area (Å²) in [7, 11) is -9.92. The lowest BCUT2D eigenvalue weighted by molar-refractivity contribution is -0.161. The van der Waals surface area contributed by atoms with E-state index in [-0.39, 0.29) is 25.7 Å². The average Bonchev–Trinajstić information content (AvgIpc) is 0.928. The Morgan fingerprint density at radius 1 is 0.284 bits per heavy atom. The van der Waals surface area contributed by atoms with Gasteiger partial charge in [0.2, 0.25) is 0 Å². The molecule has 0 amide bonds. The monoisotopic (exact) mass is 1490 g/mol. The van der Waals surface area contributed by atoms with E-state index in [1.165, 1.54) is 257 Å². The molecule has 0 aliphatic rings. The number of ether oxygens (including phenoxy) is 4. The number of hydrogen-bond donors (Lipinski definition) is 3. The number of phosphoric ester groups is 2.